The van der Waals surface area contributed by atoms with Gasteiger partial charge in [-0.25, -0.2) is 4.79 Å². The second-order valence-electron chi connectivity index (χ2n) is 3.42. The largest absolute Gasteiger partial charge is 0.428 e. The molecule has 1 atom stereocenters. The molecule has 2 aliphatic rings. The van der Waals surface area contributed by atoms with Gasteiger partial charge in [-0.05, 0) is 37.1 Å². The quantitative estimate of drug-likeness (QED) is 0.595. The van der Waals surface area contributed by atoms with Gasteiger partial charge in [-0.15, -0.1) is 0 Å². The van der Waals surface area contributed by atoms with Gasteiger partial charge in [0.2, 0.25) is 0 Å². The summed E-state index contributed by atoms with van der Waals surface area (Å²) >= 11 is 3.20. The fourth-order valence-electron chi connectivity index (χ4n) is 1.52. The number of ether oxygens (including phenoxy) is 1. The summed E-state index contributed by atoms with van der Waals surface area (Å²) in [5, 5.41) is 7.11. The van der Waals surface area contributed by atoms with Gasteiger partial charge < -0.3 is 10.1 Å². The number of rotatable bonds is 2. The van der Waals surface area contributed by atoms with Crippen LogP contribution in [0.5, 0.6) is 0 Å². The van der Waals surface area contributed by atoms with E-state index in [9.17, 15) is 4.79 Å². The van der Waals surface area contributed by atoms with Gasteiger partial charge in [0.25, 0.3) is 0 Å². The van der Waals surface area contributed by atoms with E-state index < -0.39 is 0 Å². The molecular formula is C10H13NO2S2. The van der Waals surface area contributed by atoms with Crippen LogP contribution < -0.4 is 5.32 Å². The van der Waals surface area contributed by atoms with Crippen molar-refractivity contribution in [3.05, 3.63) is 20.8 Å². The summed E-state index contributed by atoms with van der Waals surface area (Å²) in [6.07, 6.45) is 1.94. The monoisotopic (exact) mass is 243 g/mol. The minimum Gasteiger partial charge on any atom is -0.428 e. The first kappa shape index (κ1) is 11.1. The van der Waals surface area contributed by atoms with E-state index in [1.807, 2.05) is 17.7 Å². The fraction of sp³-hybridized carbons (Fsp3) is 0.500. The van der Waals surface area contributed by atoms with Crippen molar-refractivity contribution in [3.63, 3.8) is 0 Å². The van der Waals surface area contributed by atoms with Crippen LogP contribution in [0.2, 0.25) is 0 Å². The third-order valence-electron chi connectivity index (χ3n) is 2.29. The number of esters is 1. The van der Waals surface area contributed by atoms with Crippen LogP contribution in [0.1, 0.15) is 19.8 Å². The summed E-state index contributed by atoms with van der Waals surface area (Å²) in [5.74, 6) is 0.569. The Morgan fingerprint density at radius 1 is 1.53 bits per heavy atom. The summed E-state index contributed by atoms with van der Waals surface area (Å²) in [4.78, 5) is 11.7. The average Bonchev–Trinajstić information content (AvgIpc) is 2.91. The third-order valence-corrected chi connectivity index (χ3v) is 4.59. The third kappa shape index (κ3) is 2.80. The Balaban J connectivity index is 1.90. The van der Waals surface area contributed by atoms with Crippen molar-refractivity contribution in [2.75, 3.05) is 6.54 Å². The molecule has 2 rings (SSSR count). The van der Waals surface area contributed by atoms with Crippen LogP contribution in [-0.2, 0) is 9.53 Å². The molecule has 0 aliphatic carbocycles. The maximum Gasteiger partial charge on any atom is 0.328 e. The lowest BCUT2D eigenvalue weighted by Gasteiger charge is -2.11. The van der Waals surface area contributed by atoms with Crippen LogP contribution in [0.15, 0.2) is 20.8 Å². The van der Waals surface area contributed by atoms with Gasteiger partial charge in [0, 0.05) is 0 Å². The maximum absolute atomic E-state index is 11.7. The second-order valence-corrected chi connectivity index (χ2v) is 5.51. The first-order valence-corrected chi connectivity index (χ1v) is 6.67. The molecule has 15 heavy (non-hydrogen) atoms. The normalized spacial score (nSPS) is 24.6. The second kappa shape index (κ2) is 5.09. The van der Waals surface area contributed by atoms with Crippen LogP contribution in [0.25, 0.3) is 0 Å². The van der Waals surface area contributed by atoms with Crippen molar-refractivity contribution in [3.8, 4) is 0 Å². The standard InChI is InChI=1S/C10H13NO2S2/c1-7(10-14-5-6-15-10)13-9(12)8-3-2-4-11-8/h5-6,8,11H,2-4H2,1H3. The van der Waals surface area contributed by atoms with E-state index in [4.69, 9.17) is 4.74 Å². The molecular weight excluding hydrogens is 230 g/mol. The van der Waals surface area contributed by atoms with Crippen molar-refractivity contribution >= 4 is 29.5 Å². The molecule has 1 saturated heterocycles. The highest BCUT2D eigenvalue weighted by atomic mass is 32.2. The van der Waals surface area contributed by atoms with E-state index in [-0.39, 0.29) is 12.0 Å². The Labute approximate surface area is 97.7 Å². The van der Waals surface area contributed by atoms with E-state index in [0.717, 1.165) is 23.6 Å². The summed E-state index contributed by atoms with van der Waals surface area (Å²) in [6, 6.07) is -0.107. The molecule has 3 nitrogen and oxygen atoms in total. The van der Waals surface area contributed by atoms with Crippen molar-refractivity contribution in [1.29, 1.82) is 0 Å². The van der Waals surface area contributed by atoms with Crippen molar-refractivity contribution in [1.82, 2.24) is 5.32 Å². The Kier molecular flexibility index (Phi) is 3.77. The molecule has 1 unspecified atom stereocenters. The van der Waals surface area contributed by atoms with Gasteiger partial charge >= 0.3 is 5.97 Å². The first-order valence-electron chi connectivity index (χ1n) is 4.91. The fourth-order valence-corrected chi connectivity index (χ4v) is 3.18. The van der Waals surface area contributed by atoms with Crippen LogP contribution in [-0.4, -0.2) is 18.6 Å². The Morgan fingerprint density at radius 3 is 2.87 bits per heavy atom. The van der Waals surface area contributed by atoms with Crippen LogP contribution in [0, 0.1) is 0 Å². The number of carbonyl (C=O) groups is 1. The molecule has 2 heterocycles. The molecule has 0 bridgehead atoms. The molecule has 0 amide bonds. The van der Waals surface area contributed by atoms with Crippen molar-refractivity contribution in [2.45, 2.75) is 25.8 Å². The zero-order valence-corrected chi connectivity index (χ0v) is 10.1. The van der Waals surface area contributed by atoms with Crippen LogP contribution in [0.3, 0.4) is 0 Å². The number of carbonyl (C=O) groups excluding carboxylic acids is 1. The smallest absolute Gasteiger partial charge is 0.328 e. The molecule has 5 heteroatoms. The highest BCUT2D eigenvalue weighted by Crippen LogP contribution is 2.40. The van der Waals surface area contributed by atoms with Gasteiger partial charge in [0.15, 0.2) is 0 Å². The van der Waals surface area contributed by atoms with Gasteiger partial charge in [-0.1, -0.05) is 23.5 Å². The first-order chi connectivity index (χ1) is 7.27. The van der Waals surface area contributed by atoms with E-state index >= 15 is 0 Å². The zero-order chi connectivity index (χ0) is 10.7. The number of hydrogen-bond donors (Lipinski definition) is 1. The number of allylic oxidation sites excluding steroid dienone is 1. The Bertz CT molecular complexity index is 309. The molecule has 1 fully saturated rings. The Morgan fingerprint density at radius 2 is 2.27 bits per heavy atom. The molecule has 1 N–H and O–H groups in total. The number of thioether (sulfide) groups is 2. The summed E-state index contributed by atoms with van der Waals surface area (Å²) in [6.45, 7) is 2.76. The number of nitrogens with one attached hydrogen (secondary N) is 1. The summed E-state index contributed by atoms with van der Waals surface area (Å²) in [5.41, 5.74) is 0. The SMILES string of the molecule is CC(OC(=O)C1CCCN1)=C1SC=CS1. The predicted molar refractivity (Wildman–Crippen MR) is 64.1 cm³/mol. The highest BCUT2D eigenvalue weighted by Gasteiger charge is 2.24. The lowest BCUT2D eigenvalue weighted by molar-refractivity contribution is -0.141. The van der Waals surface area contributed by atoms with E-state index in [2.05, 4.69) is 5.32 Å². The van der Waals surface area contributed by atoms with Gasteiger partial charge in [0.1, 0.15) is 11.8 Å². The van der Waals surface area contributed by atoms with Crippen molar-refractivity contribution < 1.29 is 9.53 Å². The molecule has 0 aromatic rings. The highest BCUT2D eigenvalue weighted by molar-refractivity contribution is 8.27. The minimum absolute atomic E-state index is 0.107. The Hall–Kier alpha value is -0.390. The van der Waals surface area contributed by atoms with E-state index in [1.165, 1.54) is 0 Å². The zero-order valence-electron chi connectivity index (χ0n) is 8.49. The van der Waals surface area contributed by atoms with Crippen molar-refractivity contribution in [2.24, 2.45) is 0 Å². The van der Waals surface area contributed by atoms with Gasteiger partial charge in [0.05, 0.1) is 4.24 Å². The average molecular weight is 243 g/mol. The lowest BCUT2D eigenvalue weighted by Crippen LogP contribution is -2.32. The van der Waals surface area contributed by atoms with Crippen LogP contribution in [0.4, 0.5) is 0 Å². The predicted octanol–water partition coefficient (Wildman–Crippen LogP) is 2.42. The molecule has 2 aliphatic heterocycles. The van der Waals surface area contributed by atoms with E-state index in [1.54, 1.807) is 23.5 Å². The molecule has 0 radical (unpaired) electrons. The van der Waals surface area contributed by atoms with Gasteiger partial charge in [-0.2, -0.15) is 0 Å². The topological polar surface area (TPSA) is 38.3 Å². The minimum atomic E-state index is -0.148. The summed E-state index contributed by atoms with van der Waals surface area (Å²) in [7, 11) is 0. The number of hydrogen-bond acceptors (Lipinski definition) is 5. The van der Waals surface area contributed by atoms with Gasteiger partial charge in [-0.3, -0.25) is 0 Å². The molecule has 0 spiro atoms. The molecule has 0 aromatic heterocycles. The van der Waals surface area contributed by atoms with E-state index in [0.29, 0.717) is 5.76 Å². The molecule has 0 aromatic carbocycles. The molecule has 0 saturated carbocycles. The molecule has 82 valence electrons. The summed E-state index contributed by atoms with van der Waals surface area (Å²) < 4.78 is 6.37. The van der Waals surface area contributed by atoms with Crippen LogP contribution >= 0.6 is 23.5 Å². The maximum atomic E-state index is 11.7. The lowest BCUT2D eigenvalue weighted by atomic mass is 10.2.